The molecule has 1 aliphatic carbocycles. The molecule has 106 valence electrons. The number of hydrogen-bond donors (Lipinski definition) is 1. The fraction of sp³-hybridized carbons (Fsp3) is 0.471. The molecule has 1 aliphatic rings. The molecule has 0 spiro atoms. The molecule has 0 atom stereocenters. The van der Waals surface area contributed by atoms with E-state index in [0.717, 1.165) is 6.54 Å². The second-order valence-corrected chi connectivity index (χ2v) is 7.04. The molecule has 2 nitrogen and oxygen atoms in total. The summed E-state index contributed by atoms with van der Waals surface area (Å²) in [6, 6.07) is 10.9. The van der Waals surface area contributed by atoms with Crippen LogP contribution in [0.5, 0.6) is 0 Å². The summed E-state index contributed by atoms with van der Waals surface area (Å²) in [6.07, 6.45) is 2.47. The zero-order valence-corrected chi connectivity index (χ0v) is 13.3. The second kappa shape index (κ2) is 5.30. The van der Waals surface area contributed by atoms with Gasteiger partial charge in [0.1, 0.15) is 5.01 Å². The van der Waals surface area contributed by atoms with Crippen LogP contribution in [0.2, 0.25) is 0 Å². The predicted octanol–water partition coefficient (Wildman–Crippen LogP) is 4.07. The van der Waals surface area contributed by atoms with Gasteiger partial charge in [-0.05, 0) is 31.4 Å². The molecule has 2 aromatic rings. The zero-order valence-electron chi connectivity index (χ0n) is 12.4. The van der Waals surface area contributed by atoms with Crippen molar-refractivity contribution >= 4 is 11.3 Å². The van der Waals surface area contributed by atoms with E-state index in [1.807, 2.05) is 18.4 Å². The largest absolute Gasteiger partial charge is 0.315 e. The van der Waals surface area contributed by atoms with Crippen molar-refractivity contribution in [3.05, 3.63) is 51.5 Å². The molecule has 1 aromatic heterocycles. The zero-order chi connectivity index (χ0) is 14.2. The number of thiazole rings is 1. The van der Waals surface area contributed by atoms with Crippen molar-refractivity contribution in [2.24, 2.45) is 0 Å². The number of nitrogens with zero attached hydrogens (tertiary/aromatic N) is 1. The highest BCUT2D eigenvalue weighted by Gasteiger charge is 2.48. The summed E-state index contributed by atoms with van der Waals surface area (Å²) in [5.74, 6) is 0.495. The molecule has 1 N–H and O–H groups in total. The van der Waals surface area contributed by atoms with E-state index in [-0.39, 0.29) is 5.41 Å². The van der Waals surface area contributed by atoms with Crippen molar-refractivity contribution < 1.29 is 0 Å². The lowest BCUT2D eigenvalue weighted by Gasteiger charge is -2.12. The summed E-state index contributed by atoms with van der Waals surface area (Å²) in [4.78, 5) is 6.42. The van der Waals surface area contributed by atoms with E-state index in [4.69, 9.17) is 4.98 Å². The van der Waals surface area contributed by atoms with Gasteiger partial charge in [-0.3, -0.25) is 0 Å². The molecule has 3 heteroatoms. The van der Waals surface area contributed by atoms with Gasteiger partial charge in [0, 0.05) is 16.8 Å². The Balaban J connectivity index is 2.00. The molecule has 0 saturated heterocycles. The van der Waals surface area contributed by atoms with Crippen molar-refractivity contribution in [3.63, 3.8) is 0 Å². The Labute approximate surface area is 125 Å². The number of nitrogens with one attached hydrogen (secondary N) is 1. The monoisotopic (exact) mass is 286 g/mol. The maximum Gasteiger partial charge on any atom is 0.104 e. The van der Waals surface area contributed by atoms with E-state index in [0.29, 0.717) is 5.92 Å². The topological polar surface area (TPSA) is 24.9 Å². The van der Waals surface area contributed by atoms with Crippen LogP contribution in [0, 0.1) is 0 Å². The number of aromatic nitrogens is 1. The van der Waals surface area contributed by atoms with Gasteiger partial charge in [0.2, 0.25) is 0 Å². The van der Waals surface area contributed by atoms with Gasteiger partial charge >= 0.3 is 0 Å². The summed E-state index contributed by atoms with van der Waals surface area (Å²) >= 11 is 1.90. The molecule has 0 bridgehead atoms. The van der Waals surface area contributed by atoms with Crippen LogP contribution >= 0.6 is 11.3 Å². The molecule has 0 aliphatic heterocycles. The minimum absolute atomic E-state index is 0.210. The van der Waals surface area contributed by atoms with Crippen LogP contribution in [0.25, 0.3) is 0 Å². The van der Waals surface area contributed by atoms with Gasteiger partial charge in [0.25, 0.3) is 0 Å². The van der Waals surface area contributed by atoms with Crippen molar-refractivity contribution in [1.82, 2.24) is 10.3 Å². The maximum atomic E-state index is 5.02. The van der Waals surface area contributed by atoms with Gasteiger partial charge < -0.3 is 5.32 Å². The molecule has 3 rings (SSSR count). The van der Waals surface area contributed by atoms with Crippen molar-refractivity contribution in [2.75, 3.05) is 7.05 Å². The lowest BCUT2D eigenvalue weighted by atomic mass is 9.97. The molecule has 1 fully saturated rings. The fourth-order valence-corrected chi connectivity index (χ4v) is 4.31. The Morgan fingerprint density at radius 1 is 1.25 bits per heavy atom. The van der Waals surface area contributed by atoms with Crippen LogP contribution in [0.3, 0.4) is 0 Å². The first kappa shape index (κ1) is 13.8. The van der Waals surface area contributed by atoms with Crippen molar-refractivity contribution in [3.8, 4) is 0 Å². The van der Waals surface area contributed by atoms with E-state index in [1.54, 1.807) is 0 Å². The summed E-state index contributed by atoms with van der Waals surface area (Å²) in [5.41, 5.74) is 2.92. The third-order valence-corrected chi connectivity index (χ3v) is 5.37. The van der Waals surface area contributed by atoms with Crippen LogP contribution in [-0.4, -0.2) is 12.0 Å². The van der Waals surface area contributed by atoms with Gasteiger partial charge in [-0.1, -0.05) is 44.2 Å². The first-order valence-electron chi connectivity index (χ1n) is 7.37. The van der Waals surface area contributed by atoms with Crippen LogP contribution in [0.1, 0.15) is 53.7 Å². The smallest absolute Gasteiger partial charge is 0.104 e. The Hall–Kier alpha value is -1.19. The second-order valence-electron chi connectivity index (χ2n) is 5.96. The molecule has 0 radical (unpaired) electrons. The minimum atomic E-state index is 0.210. The standard InChI is InChI=1S/C17H22N2S/c1-12(2)15-14(11-18-3)20-16(19-15)17(9-10-17)13-7-5-4-6-8-13/h4-8,12,18H,9-11H2,1-3H3. The van der Waals surface area contributed by atoms with Gasteiger partial charge in [0.15, 0.2) is 0 Å². The summed E-state index contributed by atoms with van der Waals surface area (Å²) in [5, 5.41) is 4.59. The molecule has 1 heterocycles. The van der Waals surface area contributed by atoms with Gasteiger partial charge in [-0.2, -0.15) is 0 Å². The first-order valence-corrected chi connectivity index (χ1v) is 8.19. The Morgan fingerprint density at radius 3 is 2.50 bits per heavy atom. The van der Waals surface area contributed by atoms with E-state index in [9.17, 15) is 0 Å². The molecule has 0 unspecified atom stereocenters. The normalized spacial score (nSPS) is 16.6. The quantitative estimate of drug-likeness (QED) is 0.896. The predicted molar refractivity (Wildman–Crippen MR) is 85.4 cm³/mol. The Bertz CT molecular complexity index is 582. The molecular weight excluding hydrogens is 264 g/mol. The SMILES string of the molecule is CNCc1sc(C2(c3ccccc3)CC2)nc1C(C)C. The number of benzene rings is 1. The molecule has 1 saturated carbocycles. The lowest BCUT2D eigenvalue weighted by molar-refractivity contribution is 0.754. The molecule has 0 amide bonds. The number of hydrogen-bond acceptors (Lipinski definition) is 3. The average Bonchev–Trinajstić information content (AvgIpc) is 3.16. The third-order valence-electron chi connectivity index (χ3n) is 4.10. The van der Waals surface area contributed by atoms with Crippen molar-refractivity contribution in [1.29, 1.82) is 0 Å². The summed E-state index contributed by atoms with van der Waals surface area (Å²) in [7, 11) is 2.01. The van der Waals surface area contributed by atoms with E-state index < -0.39 is 0 Å². The average molecular weight is 286 g/mol. The van der Waals surface area contributed by atoms with Gasteiger partial charge in [0.05, 0.1) is 5.69 Å². The lowest BCUT2D eigenvalue weighted by Crippen LogP contribution is -2.08. The van der Waals surface area contributed by atoms with E-state index >= 15 is 0 Å². The molecular formula is C17H22N2S. The maximum absolute atomic E-state index is 5.02. The summed E-state index contributed by atoms with van der Waals surface area (Å²) in [6.45, 7) is 5.40. The van der Waals surface area contributed by atoms with Crippen molar-refractivity contribution in [2.45, 2.75) is 44.6 Å². The minimum Gasteiger partial charge on any atom is -0.315 e. The highest BCUT2D eigenvalue weighted by molar-refractivity contribution is 7.12. The summed E-state index contributed by atoms with van der Waals surface area (Å²) < 4.78 is 0. The highest BCUT2D eigenvalue weighted by Crippen LogP contribution is 2.55. The Morgan fingerprint density at radius 2 is 1.95 bits per heavy atom. The van der Waals surface area contributed by atoms with Gasteiger partial charge in [-0.25, -0.2) is 4.98 Å². The van der Waals surface area contributed by atoms with Crippen LogP contribution in [0.4, 0.5) is 0 Å². The van der Waals surface area contributed by atoms with Crippen LogP contribution < -0.4 is 5.32 Å². The van der Waals surface area contributed by atoms with E-state index in [1.165, 1.54) is 34.0 Å². The van der Waals surface area contributed by atoms with Crippen LogP contribution in [0.15, 0.2) is 30.3 Å². The highest BCUT2D eigenvalue weighted by atomic mass is 32.1. The van der Waals surface area contributed by atoms with Crippen LogP contribution in [-0.2, 0) is 12.0 Å². The van der Waals surface area contributed by atoms with E-state index in [2.05, 4.69) is 49.5 Å². The fourth-order valence-electron chi connectivity index (χ4n) is 2.81. The Kier molecular flexibility index (Phi) is 3.65. The number of rotatable bonds is 5. The molecule has 20 heavy (non-hydrogen) atoms. The first-order chi connectivity index (χ1) is 9.67. The molecule has 1 aromatic carbocycles. The van der Waals surface area contributed by atoms with Gasteiger partial charge in [-0.15, -0.1) is 11.3 Å². The third kappa shape index (κ3) is 2.29.